The molecular formula is C19H19N3O4. The molecule has 7 heteroatoms. The van der Waals surface area contributed by atoms with Gasteiger partial charge in [-0.3, -0.25) is 19.8 Å². The molecule has 0 unspecified atom stereocenters. The van der Waals surface area contributed by atoms with E-state index in [1.807, 2.05) is 6.92 Å². The zero-order valence-corrected chi connectivity index (χ0v) is 14.3. The molecule has 26 heavy (non-hydrogen) atoms. The normalized spacial score (nSPS) is 16.7. The van der Waals surface area contributed by atoms with Crippen molar-refractivity contribution in [1.29, 1.82) is 0 Å². The number of rotatable bonds is 6. The Kier molecular flexibility index (Phi) is 5.28. The van der Waals surface area contributed by atoms with Crippen LogP contribution < -0.4 is 20.5 Å². The molecule has 0 bridgehead atoms. The third-order valence-electron chi connectivity index (χ3n) is 3.95. The van der Waals surface area contributed by atoms with Crippen LogP contribution in [0, 0.1) is 0 Å². The molecule has 0 aromatic heterocycles. The SMILES string of the molecule is CCOc1ccc(N2C(=O)C[C@H](NNC(=O)c3ccccc3)C2=O)cc1. The fourth-order valence-corrected chi connectivity index (χ4v) is 2.69. The van der Waals surface area contributed by atoms with Gasteiger partial charge < -0.3 is 4.74 Å². The van der Waals surface area contributed by atoms with Gasteiger partial charge in [-0.25, -0.2) is 10.3 Å². The Morgan fingerprint density at radius 1 is 1.12 bits per heavy atom. The molecule has 1 saturated heterocycles. The molecule has 2 N–H and O–H groups in total. The highest BCUT2D eigenvalue weighted by atomic mass is 16.5. The first-order valence-corrected chi connectivity index (χ1v) is 8.30. The number of carbonyl (C=O) groups is 3. The van der Waals surface area contributed by atoms with Crippen LogP contribution >= 0.6 is 0 Å². The van der Waals surface area contributed by atoms with Crippen LogP contribution in [0.25, 0.3) is 0 Å². The van der Waals surface area contributed by atoms with Crippen LogP contribution in [0.4, 0.5) is 5.69 Å². The van der Waals surface area contributed by atoms with Crippen LogP contribution in [0.15, 0.2) is 54.6 Å². The Morgan fingerprint density at radius 3 is 2.46 bits per heavy atom. The number of ether oxygens (including phenoxy) is 1. The van der Waals surface area contributed by atoms with Gasteiger partial charge in [0.2, 0.25) is 5.91 Å². The van der Waals surface area contributed by atoms with Crippen molar-refractivity contribution in [2.75, 3.05) is 11.5 Å². The molecule has 1 atom stereocenters. The van der Waals surface area contributed by atoms with E-state index in [2.05, 4.69) is 10.9 Å². The van der Waals surface area contributed by atoms with Crippen LogP contribution in [-0.2, 0) is 9.59 Å². The Bertz CT molecular complexity index is 805. The molecule has 0 saturated carbocycles. The number of anilines is 1. The average Bonchev–Trinajstić information content (AvgIpc) is 2.95. The Hall–Kier alpha value is -3.19. The minimum absolute atomic E-state index is 0.0267. The lowest BCUT2D eigenvalue weighted by atomic mass is 10.2. The Labute approximate surface area is 150 Å². The lowest BCUT2D eigenvalue weighted by molar-refractivity contribution is -0.121. The van der Waals surface area contributed by atoms with Gasteiger partial charge in [0.25, 0.3) is 11.8 Å². The summed E-state index contributed by atoms with van der Waals surface area (Å²) in [5, 5.41) is 0. The molecule has 3 rings (SSSR count). The van der Waals surface area contributed by atoms with Gasteiger partial charge in [-0.05, 0) is 43.3 Å². The molecule has 0 radical (unpaired) electrons. The summed E-state index contributed by atoms with van der Waals surface area (Å²) < 4.78 is 5.36. The first-order chi connectivity index (χ1) is 12.6. The predicted octanol–water partition coefficient (Wildman–Crippen LogP) is 1.65. The van der Waals surface area contributed by atoms with Gasteiger partial charge in [0.05, 0.1) is 18.7 Å². The van der Waals surface area contributed by atoms with Crippen molar-refractivity contribution in [3.63, 3.8) is 0 Å². The number of imide groups is 1. The lowest BCUT2D eigenvalue weighted by Gasteiger charge is -2.16. The molecule has 1 aliphatic heterocycles. The maximum atomic E-state index is 12.5. The molecule has 3 amide bonds. The second-order valence-electron chi connectivity index (χ2n) is 5.72. The summed E-state index contributed by atoms with van der Waals surface area (Å²) in [6, 6.07) is 14.5. The fraction of sp³-hybridized carbons (Fsp3) is 0.211. The molecule has 1 aliphatic rings. The first kappa shape index (κ1) is 17.6. The van der Waals surface area contributed by atoms with E-state index in [9.17, 15) is 14.4 Å². The van der Waals surface area contributed by atoms with Gasteiger partial charge in [0.1, 0.15) is 11.8 Å². The largest absolute Gasteiger partial charge is 0.494 e. The summed E-state index contributed by atoms with van der Waals surface area (Å²) in [6.45, 7) is 2.41. The molecule has 134 valence electrons. The van der Waals surface area contributed by atoms with Gasteiger partial charge in [-0.1, -0.05) is 18.2 Å². The maximum Gasteiger partial charge on any atom is 0.265 e. The van der Waals surface area contributed by atoms with E-state index in [0.29, 0.717) is 23.6 Å². The zero-order chi connectivity index (χ0) is 18.5. The number of hydrogen-bond acceptors (Lipinski definition) is 5. The van der Waals surface area contributed by atoms with E-state index in [1.54, 1.807) is 54.6 Å². The minimum Gasteiger partial charge on any atom is -0.494 e. The lowest BCUT2D eigenvalue weighted by Crippen LogP contribution is -2.48. The number of carbonyl (C=O) groups excluding carboxylic acids is 3. The highest BCUT2D eigenvalue weighted by Gasteiger charge is 2.39. The van der Waals surface area contributed by atoms with Crippen molar-refractivity contribution < 1.29 is 19.1 Å². The standard InChI is InChI=1S/C19H19N3O4/c1-2-26-15-10-8-14(9-11-15)22-17(23)12-16(19(22)25)20-21-18(24)13-6-4-3-5-7-13/h3-11,16,20H,2,12H2,1H3,(H,21,24)/t16-/m0/s1. The van der Waals surface area contributed by atoms with E-state index in [0.717, 1.165) is 4.90 Å². The van der Waals surface area contributed by atoms with Gasteiger partial charge in [-0.15, -0.1) is 0 Å². The summed E-state index contributed by atoms with van der Waals surface area (Å²) in [7, 11) is 0. The average molecular weight is 353 g/mol. The molecule has 1 heterocycles. The fourth-order valence-electron chi connectivity index (χ4n) is 2.69. The summed E-state index contributed by atoms with van der Waals surface area (Å²) in [4.78, 5) is 37.9. The summed E-state index contributed by atoms with van der Waals surface area (Å²) in [6.07, 6.45) is -0.0267. The number of nitrogens with one attached hydrogen (secondary N) is 2. The van der Waals surface area contributed by atoms with Gasteiger partial charge in [-0.2, -0.15) is 0 Å². The number of hydrogen-bond donors (Lipinski definition) is 2. The van der Waals surface area contributed by atoms with Crippen molar-refractivity contribution >= 4 is 23.4 Å². The highest BCUT2D eigenvalue weighted by molar-refractivity contribution is 6.22. The summed E-state index contributed by atoms with van der Waals surface area (Å²) in [5.41, 5.74) is 6.07. The highest BCUT2D eigenvalue weighted by Crippen LogP contribution is 2.25. The molecule has 0 spiro atoms. The third kappa shape index (κ3) is 3.73. The minimum atomic E-state index is -0.804. The monoisotopic (exact) mass is 353 g/mol. The van der Waals surface area contributed by atoms with Crippen molar-refractivity contribution in [2.45, 2.75) is 19.4 Å². The zero-order valence-electron chi connectivity index (χ0n) is 14.3. The molecule has 2 aromatic carbocycles. The summed E-state index contributed by atoms with van der Waals surface area (Å²) in [5.74, 6) is -0.441. The van der Waals surface area contributed by atoms with E-state index < -0.39 is 11.9 Å². The molecule has 7 nitrogen and oxygen atoms in total. The van der Waals surface area contributed by atoms with Crippen LogP contribution in [-0.4, -0.2) is 30.4 Å². The number of amides is 3. The van der Waals surface area contributed by atoms with Crippen LogP contribution in [0.3, 0.4) is 0 Å². The second-order valence-corrected chi connectivity index (χ2v) is 5.72. The number of benzene rings is 2. The van der Waals surface area contributed by atoms with E-state index in [1.165, 1.54) is 0 Å². The van der Waals surface area contributed by atoms with Gasteiger partial charge in [0.15, 0.2) is 0 Å². The Morgan fingerprint density at radius 2 is 1.81 bits per heavy atom. The van der Waals surface area contributed by atoms with Crippen molar-refractivity contribution in [3.8, 4) is 5.75 Å². The number of hydrazine groups is 1. The van der Waals surface area contributed by atoms with Crippen molar-refractivity contribution in [2.24, 2.45) is 0 Å². The molecule has 0 aliphatic carbocycles. The topological polar surface area (TPSA) is 87.7 Å². The van der Waals surface area contributed by atoms with E-state index in [-0.39, 0.29) is 18.2 Å². The molecule has 1 fully saturated rings. The van der Waals surface area contributed by atoms with Crippen LogP contribution in [0.2, 0.25) is 0 Å². The first-order valence-electron chi connectivity index (χ1n) is 8.30. The number of nitrogens with zero attached hydrogens (tertiary/aromatic N) is 1. The van der Waals surface area contributed by atoms with E-state index in [4.69, 9.17) is 4.74 Å². The van der Waals surface area contributed by atoms with Crippen LogP contribution in [0.5, 0.6) is 5.75 Å². The predicted molar refractivity (Wildman–Crippen MR) is 95.6 cm³/mol. The maximum absolute atomic E-state index is 12.5. The van der Waals surface area contributed by atoms with Crippen molar-refractivity contribution in [3.05, 3.63) is 60.2 Å². The molecule has 2 aromatic rings. The second kappa shape index (κ2) is 7.79. The third-order valence-corrected chi connectivity index (χ3v) is 3.95. The smallest absolute Gasteiger partial charge is 0.265 e. The quantitative estimate of drug-likeness (QED) is 0.609. The van der Waals surface area contributed by atoms with E-state index >= 15 is 0 Å². The van der Waals surface area contributed by atoms with Crippen molar-refractivity contribution in [1.82, 2.24) is 10.9 Å². The Balaban J connectivity index is 1.64. The molecular weight excluding hydrogens is 334 g/mol. The van der Waals surface area contributed by atoms with Gasteiger partial charge in [0, 0.05) is 5.56 Å². The van der Waals surface area contributed by atoms with Gasteiger partial charge >= 0.3 is 0 Å². The van der Waals surface area contributed by atoms with Crippen LogP contribution in [0.1, 0.15) is 23.7 Å². The summed E-state index contributed by atoms with van der Waals surface area (Å²) >= 11 is 0.